The summed E-state index contributed by atoms with van der Waals surface area (Å²) in [5.74, 6) is 0. The number of aryl methyl sites for hydroxylation is 2. The van der Waals surface area contributed by atoms with Crippen molar-refractivity contribution in [3.8, 4) is 0 Å². The van der Waals surface area contributed by atoms with Crippen molar-refractivity contribution in [2.75, 3.05) is 6.54 Å². The van der Waals surface area contributed by atoms with Gasteiger partial charge in [0.05, 0.1) is 0 Å². The van der Waals surface area contributed by atoms with Gasteiger partial charge in [-0.1, -0.05) is 0 Å². The number of nitrogens with one attached hydrogen (secondary N) is 1. The molecule has 0 unspecified atom stereocenters. The van der Waals surface area contributed by atoms with E-state index in [9.17, 15) is 0 Å². The van der Waals surface area contributed by atoms with Crippen molar-refractivity contribution in [3.05, 3.63) is 21.7 Å². The van der Waals surface area contributed by atoms with Crippen molar-refractivity contribution < 1.29 is 0 Å². The van der Waals surface area contributed by atoms with Crippen LogP contribution in [0.3, 0.4) is 0 Å². The van der Waals surface area contributed by atoms with E-state index in [0.29, 0.717) is 11.3 Å². The van der Waals surface area contributed by atoms with Gasteiger partial charge in [-0.25, -0.2) is 4.98 Å². The summed E-state index contributed by atoms with van der Waals surface area (Å²) in [6, 6.07) is 0. The molecule has 0 aromatic carbocycles. The second-order valence-corrected chi connectivity index (χ2v) is 3.51. The molecule has 4 heteroatoms. The summed E-state index contributed by atoms with van der Waals surface area (Å²) in [5, 5.41) is 0. The van der Waals surface area contributed by atoms with E-state index in [1.807, 2.05) is 13.8 Å². The molecule has 0 amide bonds. The summed E-state index contributed by atoms with van der Waals surface area (Å²) < 4.78 is 0.562. The molecule has 0 saturated carbocycles. The Labute approximate surface area is 83.4 Å². The Hall–Kier alpha value is -0.740. The van der Waals surface area contributed by atoms with Crippen LogP contribution in [0.5, 0.6) is 0 Å². The molecular weight excluding hydrogens is 182 g/mol. The molecule has 1 rings (SSSR count). The van der Waals surface area contributed by atoms with Gasteiger partial charge < -0.3 is 10.7 Å². The van der Waals surface area contributed by atoms with E-state index >= 15 is 0 Å². The van der Waals surface area contributed by atoms with Gasteiger partial charge >= 0.3 is 0 Å². The molecular formula is C9H15N3S. The first-order valence-electron chi connectivity index (χ1n) is 4.41. The fourth-order valence-corrected chi connectivity index (χ4v) is 1.69. The molecule has 0 radical (unpaired) electrons. The molecule has 0 aliphatic heterocycles. The second kappa shape index (κ2) is 4.48. The highest BCUT2D eigenvalue weighted by atomic mass is 32.1. The topological polar surface area (TPSA) is 54.7 Å². The Kier molecular flexibility index (Phi) is 3.57. The molecule has 3 nitrogen and oxygen atoms in total. The zero-order valence-corrected chi connectivity index (χ0v) is 8.87. The van der Waals surface area contributed by atoms with E-state index < -0.39 is 0 Å². The van der Waals surface area contributed by atoms with Crippen LogP contribution in [0.4, 0.5) is 0 Å². The van der Waals surface area contributed by atoms with Crippen LogP contribution >= 0.6 is 12.2 Å². The van der Waals surface area contributed by atoms with Crippen LogP contribution < -0.4 is 5.73 Å². The molecule has 0 bridgehead atoms. The molecule has 1 aromatic rings. The number of hydrogen-bond donors (Lipinski definition) is 2. The second-order valence-electron chi connectivity index (χ2n) is 3.12. The average molecular weight is 197 g/mol. The number of aromatic nitrogens is 2. The summed E-state index contributed by atoms with van der Waals surface area (Å²) in [7, 11) is 0. The fraction of sp³-hybridized carbons (Fsp3) is 0.556. The van der Waals surface area contributed by atoms with Crippen molar-refractivity contribution in [1.29, 1.82) is 0 Å². The third-order valence-corrected chi connectivity index (χ3v) is 2.28. The van der Waals surface area contributed by atoms with E-state index in [4.69, 9.17) is 18.0 Å². The molecule has 0 atom stereocenters. The third-order valence-electron chi connectivity index (χ3n) is 2.08. The zero-order chi connectivity index (χ0) is 9.84. The molecule has 0 aliphatic rings. The maximum Gasteiger partial charge on any atom is 0.197 e. The van der Waals surface area contributed by atoms with Gasteiger partial charge in [-0.05, 0) is 51.0 Å². The first kappa shape index (κ1) is 10.3. The van der Waals surface area contributed by atoms with Crippen molar-refractivity contribution in [2.45, 2.75) is 26.7 Å². The number of aromatic amines is 1. The van der Waals surface area contributed by atoms with Gasteiger partial charge in [0.25, 0.3) is 0 Å². The minimum Gasteiger partial charge on any atom is -0.335 e. The molecule has 1 aromatic heterocycles. The highest BCUT2D eigenvalue weighted by Gasteiger charge is 2.03. The summed E-state index contributed by atoms with van der Waals surface area (Å²) in [6.07, 6.45) is 1.97. The molecule has 72 valence electrons. The first-order chi connectivity index (χ1) is 6.15. The number of nitrogens with zero attached hydrogens (tertiary/aromatic N) is 1. The average Bonchev–Trinajstić information content (AvgIpc) is 2.02. The Morgan fingerprint density at radius 3 is 2.69 bits per heavy atom. The maximum absolute atomic E-state index is 5.46. The summed E-state index contributed by atoms with van der Waals surface area (Å²) in [4.78, 5) is 7.26. The number of nitrogens with two attached hydrogens (primary N) is 1. The predicted octanol–water partition coefficient (Wildman–Crippen LogP) is 1.65. The van der Waals surface area contributed by atoms with Crippen LogP contribution in [-0.2, 0) is 6.42 Å². The molecule has 0 saturated heterocycles. The van der Waals surface area contributed by atoms with Crippen LogP contribution in [-0.4, -0.2) is 16.5 Å². The van der Waals surface area contributed by atoms with Crippen LogP contribution in [0.2, 0.25) is 0 Å². The largest absolute Gasteiger partial charge is 0.335 e. The summed E-state index contributed by atoms with van der Waals surface area (Å²) >= 11 is 4.97. The lowest BCUT2D eigenvalue weighted by molar-refractivity contribution is 0.802. The lowest BCUT2D eigenvalue weighted by atomic mass is 10.1. The van der Waals surface area contributed by atoms with Gasteiger partial charge in [-0.3, -0.25) is 0 Å². The number of hydrogen-bond acceptors (Lipinski definition) is 3. The van der Waals surface area contributed by atoms with Crippen molar-refractivity contribution in [2.24, 2.45) is 5.73 Å². The standard InChI is InChI=1S/C9H15N3S/c1-6-8(4-3-5-10)7(2)12-9(13)11-6/h3-5,10H2,1-2H3,(H,11,12,13). The highest BCUT2D eigenvalue weighted by molar-refractivity contribution is 7.71. The molecule has 0 spiro atoms. The van der Waals surface area contributed by atoms with E-state index in [0.717, 1.165) is 24.2 Å². The van der Waals surface area contributed by atoms with Crippen LogP contribution in [0, 0.1) is 18.6 Å². The minimum atomic E-state index is 0.562. The minimum absolute atomic E-state index is 0.562. The van der Waals surface area contributed by atoms with Crippen molar-refractivity contribution in [3.63, 3.8) is 0 Å². The lowest BCUT2D eigenvalue weighted by Gasteiger charge is -2.07. The van der Waals surface area contributed by atoms with E-state index in [2.05, 4.69) is 9.97 Å². The molecule has 0 aliphatic carbocycles. The Morgan fingerprint density at radius 2 is 2.15 bits per heavy atom. The predicted molar refractivity (Wildman–Crippen MR) is 56.3 cm³/mol. The lowest BCUT2D eigenvalue weighted by Crippen LogP contribution is -2.05. The van der Waals surface area contributed by atoms with Gasteiger partial charge in [0.15, 0.2) is 4.77 Å². The monoisotopic (exact) mass is 197 g/mol. The Balaban J connectivity index is 2.99. The van der Waals surface area contributed by atoms with Gasteiger partial charge in [0.1, 0.15) is 0 Å². The normalized spacial score (nSPS) is 10.4. The zero-order valence-electron chi connectivity index (χ0n) is 8.05. The molecule has 3 N–H and O–H groups in total. The smallest absolute Gasteiger partial charge is 0.197 e. The SMILES string of the molecule is Cc1nc(=S)[nH]c(C)c1CCCN. The quantitative estimate of drug-likeness (QED) is 0.724. The molecule has 13 heavy (non-hydrogen) atoms. The van der Waals surface area contributed by atoms with Crippen LogP contribution in [0.15, 0.2) is 0 Å². The fourth-order valence-electron chi connectivity index (χ4n) is 1.40. The first-order valence-corrected chi connectivity index (χ1v) is 4.82. The van der Waals surface area contributed by atoms with Gasteiger partial charge in [-0.2, -0.15) is 0 Å². The van der Waals surface area contributed by atoms with E-state index in [1.54, 1.807) is 0 Å². The van der Waals surface area contributed by atoms with E-state index in [-0.39, 0.29) is 0 Å². The Bertz CT molecular complexity index is 317. The maximum atomic E-state index is 5.46. The van der Waals surface area contributed by atoms with Crippen LogP contribution in [0.25, 0.3) is 0 Å². The highest BCUT2D eigenvalue weighted by Crippen LogP contribution is 2.10. The molecule has 1 heterocycles. The third kappa shape index (κ3) is 2.60. The van der Waals surface area contributed by atoms with E-state index in [1.165, 1.54) is 5.56 Å². The number of H-pyrrole nitrogens is 1. The van der Waals surface area contributed by atoms with Gasteiger partial charge in [0, 0.05) is 11.4 Å². The van der Waals surface area contributed by atoms with Gasteiger partial charge in [-0.15, -0.1) is 0 Å². The van der Waals surface area contributed by atoms with Crippen molar-refractivity contribution >= 4 is 12.2 Å². The Morgan fingerprint density at radius 1 is 1.46 bits per heavy atom. The summed E-state index contributed by atoms with van der Waals surface area (Å²) in [5.41, 5.74) is 8.84. The molecule has 0 fully saturated rings. The van der Waals surface area contributed by atoms with Crippen LogP contribution in [0.1, 0.15) is 23.4 Å². The summed E-state index contributed by atoms with van der Waals surface area (Å²) in [6.45, 7) is 4.73. The van der Waals surface area contributed by atoms with Gasteiger partial charge in [0.2, 0.25) is 0 Å². The van der Waals surface area contributed by atoms with Crippen molar-refractivity contribution in [1.82, 2.24) is 9.97 Å². The number of rotatable bonds is 3.